The lowest BCUT2D eigenvalue weighted by Crippen LogP contribution is -2.25. The Morgan fingerprint density at radius 2 is 1.86 bits per heavy atom. The predicted molar refractivity (Wildman–Crippen MR) is 95.1 cm³/mol. The number of nitrogens with zero attached hydrogens (tertiary/aromatic N) is 2. The smallest absolute Gasteiger partial charge is 0.452 e. The molecule has 1 N–H and O–H groups in total. The molecule has 2 heterocycles. The highest BCUT2D eigenvalue weighted by molar-refractivity contribution is 5.95. The summed E-state index contributed by atoms with van der Waals surface area (Å²) in [7, 11) is 0. The molecule has 0 atom stereocenters. The molecule has 1 aliphatic rings. The second-order valence-corrected chi connectivity index (χ2v) is 5.95. The van der Waals surface area contributed by atoms with E-state index in [-0.39, 0.29) is 22.7 Å². The van der Waals surface area contributed by atoms with Gasteiger partial charge in [-0.3, -0.25) is 4.79 Å². The zero-order valence-electron chi connectivity index (χ0n) is 14.7. The highest BCUT2D eigenvalue weighted by Crippen LogP contribution is 2.42. The number of anilines is 1. The summed E-state index contributed by atoms with van der Waals surface area (Å²) in [4.78, 5) is 24.0. The SMILES string of the molecule is O=C(COC(=O)c1ccc(-n2cccn2)cc1)Nc1ccc2c(c1)OC(F)(F)O2. The third kappa shape index (κ3) is 4.15. The molecular weight excluding hydrogens is 388 g/mol. The summed E-state index contributed by atoms with van der Waals surface area (Å²) in [6, 6.07) is 12.0. The number of ether oxygens (including phenoxy) is 3. The third-order valence-corrected chi connectivity index (χ3v) is 3.89. The Morgan fingerprint density at radius 3 is 2.59 bits per heavy atom. The van der Waals surface area contributed by atoms with Gasteiger partial charge in [-0.2, -0.15) is 5.10 Å². The Labute approximate surface area is 162 Å². The van der Waals surface area contributed by atoms with E-state index in [1.807, 2.05) is 0 Å². The van der Waals surface area contributed by atoms with E-state index in [2.05, 4.69) is 19.9 Å². The van der Waals surface area contributed by atoms with E-state index in [9.17, 15) is 18.4 Å². The Hall–Kier alpha value is -3.95. The Kier molecular flexibility index (Phi) is 4.59. The van der Waals surface area contributed by atoms with Crippen LogP contribution in [0.5, 0.6) is 11.5 Å². The van der Waals surface area contributed by atoms with Crippen molar-refractivity contribution in [2.75, 3.05) is 11.9 Å². The van der Waals surface area contributed by atoms with Crippen LogP contribution in [0.15, 0.2) is 60.9 Å². The van der Waals surface area contributed by atoms with Crippen LogP contribution in [-0.2, 0) is 9.53 Å². The molecular formula is C19H13F2N3O5. The maximum Gasteiger partial charge on any atom is 0.586 e. The van der Waals surface area contributed by atoms with Crippen LogP contribution in [0.1, 0.15) is 10.4 Å². The van der Waals surface area contributed by atoms with Gasteiger partial charge in [0.25, 0.3) is 5.91 Å². The van der Waals surface area contributed by atoms with Crippen molar-refractivity contribution in [3.8, 4) is 17.2 Å². The molecule has 148 valence electrons. The van der Waals surface area contributed by atoms with Gasteiger partial charge in [0.15, 0.2) is 18.1 Å². The van der Waals surface area contributed by atoms with Crippen molar-refractivity contribution >= 4 is 17.6 Å². The van der Waals surface area contributed by atoms with Crippen LogP contribution < -0.4 is 14.8 Å². The lowest BCUT2D eigenvalue weighted by atomic mass is 10.2. The fraction of sp³-hybridized carbons (Fsp3) is 0.105. The number of rotatable bonds is 5. The quantitative estimate of drug-likeness (QED) is 0.661. The second kappa shape index (κ2) is 7.23. The van der Waals surface area contributed by atoms with E-state index >= 15 is 0 Å². The normalized spacial score (nSPS) is 13.7. The van der Waals surface area contributed by atoms with Gasteiger partial charge in [-0.1, -0.05) is 0 Å². The number of hydrogen-bond donors (Lipinski definition) is 1. The summed E-state index contributed by atoms with van der Waals surface area (Å²) in [5.74, 6) is -1.67. The number of alkyl halides is 2. The Morgan fingerprint density at radius 1 is 1.10 bits per heavy atom. The minimum absolute atomic E-state index is 0.141. The summed E-state index contributed by atoms with van der Waals surface area (Å²) >= 11 is 0. The number of halogens is 2. The first-order chi connectivity index (χ1) is 13.9. The number of hydrogen-bond acceptors (Lipinski definition) is 6. The zero-order chi connectivity index (χ0) is 20.4. The molecule has 4 rings (SSSR count). The van der Waals surface area contributed by atoms with E-state index in [1.54, 1.807) is 47.4 Å². The summed E-state index contributed by atoms with van der Waals surface area (Å²) in [6.45, 7) is -0.551. The maximum atomic E-state index is 13.0. The van der Waals surface area contributed by atoms with Gasteiger partial charge in [-0.05, 0) is 42.5 Å². The lowest BCUT2D eigenvalue weighted by molar-refractivity contribution is -0.286. The van der Waals surface area contributed by atoms with Crippen LogP contribution in [0.4, 0.5) is 14.5 Å². The molecule has 1 amide bonds. The topological polar surface area (TPSA) is 91.7 Å². The first kappa shape index (κ1) is 18.4. The summed E-state index contributed by atoms with van der Waals surface area (Å²) in [6.07, 6.45) is -0.352. The van der Waals surface area contributed by atoms with Crippen LogP contribution in [0.25, 0.3) is 5.69 Å². The first-order valence-corrected chi connectivity index (χ1v) is 8.37. The number of benzene rings is 2. The van der Waals surface area contributed by atoms with E-state index < -0.39 is 24.8 Å². The molecule has 0 saturated carbocycles. The molecule has 1 aliphatic heterocycles. The fourth-order valence-corrected chi connectivity index (χ4v) is 2.61. The minimum Gasteiger partial charge on any atom is -0.452 e. The van der Waals surface area contributed by atoms with Gasteiger partial charge in [-0.15, -0.1) is 8.78 Å². The molecule has 0 saturated heterocycles. The number of amides is 1. The number of aromatic nitrogens is 2. The average Bonchev–Trinajstić information content (AvgIpc) is 3.32. The molecule has 2 aromatic carbocycles. The summed E-state index contributed by atoms with van der Waals surface area (Å²) in [5.41, 5.74) is 1.21. The van der Waals surface area contributed by atoms with Crippen LogP contribution in [0, 0.1) is 0 Å². The van der Waals surface area contributed by atoms with E-state index in [4.69, 9.17) is 4.74 Å². The van der Waals surface area contributed by atoms with Crippen molar-refractivity contribution in [3.05, 3.63) is 66.5 Å². The molecule has 8 nitrogen and oxygen atoms in total. The monoisotopic (exact) mass is 401 g/mol. The third-order valence-electron chi connectivity index (χ3n) is 3.89. The van der Waals surface area contributed by atoms with Crippen LogP contribution >= 0.6 is 0 Å². The minimum atomic E-state index is -3.74. The van der Waals surface area contributed by atoms with Crippen molar-refractivity contribution < 1.29 is 32.6 Å². The molecule has 0 bridgehead atoms. The Balaban J connectivity index is 1.31. The molecule has 0 radical (unpaired) electrons. The van der Waals surface area contributed by atoms with Gasteiger partial charge in [-0.25, -0.2) is 9.48 Å². The van der Waals surface area contributed by atoms with E-state index in [0.717, 1.165) is 5.69 Å². The van der Waals surface area contributed by atoms with Gasteiger partial charge < -0.3 is 19.5 Å². The molecule has 0 spiro atoms. The van der Waals surface area contributed by atoms with Crippen LogP contribution in [0.2, 0.25) is 0 Å². The largest absolute Gasteiger partial charge is 0.586 e. The standard InChI is InChI=1S/C19H13F2N3O5/c20-19(21)28-15-7-4-13(10-16(15)29-19)23-17(25)11-27-18(26)12-2-5-14(6-3-12)24-9-1-8-22-24/h1-10H,11H2,(H,23,25). The van der Waals surface area contributed by atoms with Crippen molar-refractivity contribution in [1.82, 2.24) is 9.78 Å². The van der Waals surface area contributed by atoms with Gasteiger partial charge in [0.05, 0.1) is 11.3 Å². The number of fused-ring (bicyclic) bond motifs is 1. The molecule has 0 fully saturated rings. The van der Waals surface area contributed by atoms with E-state index in [0.29, 0.717) is 0 Å². The molecule has 0 unspecified atom stereocenters. The molecule has 3 aromatic rings. The molecule has 29 heavy (non-hydrogen) atoms. The summed E-state index contributed by atoms with van der Waals surface area (Å²) in [5, 5.41) is 6.50. The highest BCUT2D eigenvalue weighted by atomic mass is 19.3. The van der Waals surface area contributed by atoms with Gasteiger partial charge >= 0.3 is 12.3 Å². The van der Waals surface area contributed by atoms with Gasteiger partial charge in [0.1, 0.15) is 0 Å². The average molecular weight is 401 g/mol. The Bertz CT molecular complexity index is 1050. The fourth-order valence-electron chi connectivity index (χ4n) is 2.61. The predicted octanol–water partition coefficient (Wildman–Crippen LogP) is 2.99. The second-order valence-electron chi connectivity index (χ2n) is 5.95. The molecule has 1 aromatic heterocycles. The van der Waals surface area contributed by atoms with Crippen molar-refractivity contribution in [3.63, 3.8) is 0 Å². The number of carbonyl (C=O) groups is 2. The summed E-state index contributed by atoms with van der Waals surface area (Å²) < 4.78 is 41.2. The first-order valence-electron chi connectivity index (χ1n) is 8.37. The van der Waals surface area contributed by atoms with Crippen LogP contribution in [-0.4, -0.2) is 34.6 Å². The number of nitrogens with one attached hydrogen (secondary N) is 1. The number of carbonyl (C=O) groups excluding carboxylic acids is 2. The zero-order valence-corrected chi connectivity index (χ0v) is 14.7. The van der Waals surface area contributed by atoms with Gasteiger partial charge in [0, 0.05) is 24.1 Å². The van der Waals surface area contributed by atoms with Crippen LogP contribution in [0.3, 0.4) is 0 Å². The van der Waals surface area contributed by atoms with E-state index in [1.165, 1.54) is 18.2 Å². The lowest BCUT2D eigenvalue weighted by Gasteiger charge is -2.08. The molecule has 10 heteroatoms. The van der Waals surface area contributed by atoms with Crippen molar-refractivity contribution in [2.24, 2.45) is 0 Å². The number of esters is 1. The highest BCUT2D eigenvalue weighted by Gasteiger charge is 2.43. The van der Waals surface area contributed by atoms with Gasteiger partial charge in [0.2, 0.25) is 0 Å². The maximum absolute atomic E-state index is 13.0. The van der Waals surface area contributed by atoms with Crippen molar-refractivity contribution in [2.45, 2.75) is 6.29 Å². The molecule has 0 aliphatic carbocycles. The van der Waals surface area contributed by atoms with Crippen molar-refractivity contribution in [1.29, 1.82) is 0 Å².